The van der Waals surface area contributed by atoms with Crippen LogP contribution in [-0.4, -0.2) is 85.1 Å². The summed E-state index contributed by atoms with van der Waals surface area (Å²) in [5.74, 6) is 0.610. The SMILES string of the molecule is COC(=O)c1ccn2c(-c3cn(S(=O)(=O)N(C)C)cn3)c(-c3nc(Br)nn3Cc3ccc(OC)cc3)nc2n1. The van der Waals surface area contributed by atoms with Crippen LogP contribution in [0.3, 0.4) is 0 Å². The maximum atomic E-state index is 12.7. The maximum absolute atomic E-state index is 12.7. The highest BCUT2D eigenvalue weighted by Gasteiger charge is 2.26. The molecule has 0 unspecified atom stereocenters. The predicted octanol–water partition coefficient (Wildman–Crippen LogP) is 2.11. The van der Waals surface area contributed by atoms with Crippen LogP contribution in [0.4, 0.5) is 0 Å². The lowest BCUT2D eigenvalue weighted by atomic mass is 10.2. The van der Waals surface area contributed by atoms with E-state index in [9.17, 15) is 13.2 Å². The Bertz CT molecular complexity index is 1790. The van der Waals surface area contributed by atoms with Crippen molar-refractivity contribution in [2.75, 3.05) is 28.3 Å². The predicted molar refractivity (Wildman–Crippen MR) is 142 cm³/mol. The number of hydrogen-bond donors (Lipinski definition) is 0. The lowest BCUT2D eigenvalue weighted by Crippen LogP contribution is -2.27. The van der Waals surface area contributed by atoms with Gasteiger partial charge in [0.1, 0.15) is 29.2 Å². The van der Waals surface area contributed by atoms with Gasteiger partial charge in [0.25, 0.3) is 0 Å². The highest BCUT2D eigenvalue weighted by atomic mass is 79.9. The van der Waals surface area contributed by atoms with Crippen LogP contribution in [0, 0.1) is 0 Å². The summed E-state index contributed by atoms with van der Waals surface area (Å²) < 4.78 is 41.1. The van der Waals surface area contributed by atoms with Crippen LogP contribution in [0.15, 0.2) is 53.8 Å². The Labute approximate surface area is 231 Å². The van der Waals surface area contributed by atoms with E-state index in [1.54, 1.807) is 22.4 Å². The number of carbonyl (C=O) groups excluding carboxylic acids is 1. The van der Waals surface area contributed by atoms with E-state index in [2.05, 4.69) is 41.0 Å². The van der Waals surface area contributed by atoms with Gasteiger partial charge >= 0.3 is 16.2 Å². The molecule has 4 heterocycles. The smallest absolute Gasteiger partial charge is 0.356 e. The van der Waals surface area contributed by atoms with Crippen molar-refractivity contribution in [3.05, 3.63) is 65.0 Å². The Hall–Kier alpha value is -4.15. The van der Waals surface area contributed by atoms with E-state index in [0.717, 1.165) is 19.6 Å². The molecule has 202 valence electrons. The fourth-order valence-corrected chi connectivity index (χ4v) is 4.93. The van der Waals surface area contributed by atoms with Gasteiger partial charge in [0.05, 0.1) is 27.0 Å². The van der Waals surface area contributed by atoms with E-state index < -0.39 is 16.2 Å². The Morgan fingerprint density at radius 3 is 2.49 bits per heavy atom. The molecule has 5 aromatic rings. The molecule has 0 amide bonds. The molecule has 0 N–H and O–H groups in total. The Morgan fingerprint density at radius 1 is 1.08 bits per heavy atom. The van der Waals surface area contributed by atoms with E-state index >= 15 is 0 Å². The van der Waals surface area contributed by atoms with Crippen LogP contribution in [-0.2, 0) is 21.5 Å². The van der Waals surface area contributed by atoms with Crippen LogP contribution in [0.2, 0.25) is 0 Å². The number of fused-ring (bicyclic) bond motifs is 1. The number of nitrogens with zero attached hydrogens (tertiary/aromatic N) is 9. The van der Waals surface area contributed by atoms with Gasteiger partial charge < -0.3 is 9.47 Å². The molecule has 0 saturated heterocycles. The number of halogens is 1. The average molecular weight is 616 g/mol. The molecule has 0 aliphatic carbocycles. The second-order valence-electron chi connectivity index (χ2n) is 8.37. The van der Waals surface area contributed by atoms with E-state index in [1.165, 1.54) is 39.8 Å². The summed E-state index contributed by atoms with van der Waals surface area (Å²) >= 11 is 3.35. The van der Waals surface area contributed by atoms with Gasteiger partial charge in [0.2, 0.25) is 10.5 Å². The van der Waals surface area contributed by atoms with Crippen molar-refractivity contribution in [3.63, 3.8) is 0 Å². The number of benzene rings is 1. The number of hydrogen-bond acceptors (Lipinski definition) is 10. The van der Waals surface area contributed by atoms with Crippen molar-refractivity contribution in [2.24, 2.45) is 0 Å². The van der Waals surface area contributed by atoms with Crippen LogP contribution in [0.25, 0.3) is 28.7 Å². The summed E-state index contributed by atoms with van der Waals surface area (Å²) in [7, 11) is 1.88. The van der Waals surface area contributed by atoms with Gasteiger partial charge in [-0.3, -0.25) is 4.40 Å². The van der Waals surface area contributed by atoms with Gasteiger partial charge in [-0.1, -0.05) is 12.1 Å². The molecule has 0 spiro atoms. The largest absolute Gasteiger partial charge is 0.497 e. The van der Waals surface area contributed by atoms with E-state index in [4.69, 9.17) is 9.47 Å². The molecular formula is C23H22BrN9O5S. The quantitative estimate of drug-likeness (QED) is 0.237. The van der Waals surface area contributed by atoms with Crippen LogP contribution in [0.5, 0.6) is 5.75 Å². The van der Waals surface area contributed by atoms with Gasteiger partial charge in [-0.15, -0.1) is 5.10 Å². The number of aromatic nitrogens is 8. The van der Waals surface area contributed by atoms with Crippen molar-refractivity contribution in [1.29, 1.82) is 0 Å². The highest BCUT2D eigenvalue weighted by molar-refractivity contribution is 9.10. The normalized spacial score (nSPS) is 11.8. The molecule has 0 radical (unpaired) electrons. The third-order valence-electron chi connectivity index (χ3n) is 5.77. The second kappa shape index (κ2) is 10.2. The standard InChI is InChI=1S/C23H22BrN9O5S/c1-30(2)39(35,36)31-12-17(25-13-31)19-18(27-23-26-16(21(34)38-4)9-10-32(19)23)20-28-22(24)29-33(20)11-14-5-7-15(37-3)8-6-14/h5-10,12-13H,11H2,1-4H3. The van der Waals surface area contributed by atoms with Crippen LogP contribution in [0.1, 0.15) is 16.1 Å². The molecule has 0 aliphatic rings. The number of esters is 1. The first kappa shape index (κ1) is 26.5. The monoisotopic (exact) mass is 615 g/mol. The van der Waals surface area contributed by atoms with Gasteiger partial charge in [-0.05, 0) is 39.7 Å². The third kappa shape index (κ3) is 4.88. The molecule has 4 aromatic heterocycles. The highest BCUT2D eigenvalue weighted by Crippen LogP contribution is 2.32. The van der Waals surface area contributed by atoms with Gasteiger partial charge in [-0.2, -0.15) is 17.7 Å². The van der Waals surface area contributed by atoms with Crippen LogP contribution >= 0.6 is 15.9 Å². The summed E-state index contributed by atoms with van der Waals surface area (Å²) in [5, 5.41) is 4.48. The number of methoxy groups -OCH3 is 2. The number of imidazole rings is 2. The topological polar surface area (TPSA) is 152 Å². The first-order valence-electron chi connectivity index (χ1n) is 11.3. The zero-order valence-electron chi connectivity index (χ0n) is 21.2. The molecule has 0 fully saturated rings. The first-order chi connectivity index (χ1) is 18.6. The molecule has 0 aliphatic heterocycles. The molecule has 0 bridgehead atoms. The summed E-state index contributed by atoms with van der Waals surface area (Å²) in [5.41, 5.74) is 1.98. The van der Waals surface area contributed by atoms with E-state index in [0.29, 0.717) is 28.5 Å². The van der Waals surface area contributed by atoms with Crippen molar-refractivity contribution in [1.82, 2.24) is 42.4 Å². The molecule has 14 nitrogen and oxygen atoms in total. The number of carbonyl (C=O) groups is 1. The number of rotatable bonds is 8. The molecule has 0 saturated carbocycles. The van der Waals surface area contributed by atoms with Crippen molar-refractivity contribution in [2.45, 2.75) is 6.54 Å². The lowest BCUT2D eigenvalue weighted by Gasteiger charge is -2.10. The summed E-state index contributed by atoms with van der Waals surface area (Å²) in [4.78, 5) is 30.0. The fourth-order valence-electron chi connectivity index (χ4n) is 3.80. The first-order valence-corrected chi connectivity index (χ1v) is 13.5. The maximum Gasteiger partial charge on any atom is 0.356 e. The Morgan fingerprint density at radius 2 is 1.82 bits per heavy atom. The van der Waals surface area contributed by atoms with Gasteiger partial charge in [0, 0.05) is 20.3 Å². The van der Waals surface area contributed by atoms with Gasteiger partial charge in [0.15, 0.2) is 11.5 Å². The second-order valence-corrected chi connectivity index (χ2v) is 11.1. The molecule has 1 aromatic carbocycles. The number of ether oxygens (including phenoxy) is 2. The lowest BCUT2D eigenvalue weighted by molar-refractivity contribution is 0.0594. The minimum Gasteiger partial charge on any atom is -0.497 e. The van der Waals surface area contributed by atoms with Gasteiger partial charge in [-0.25, -0.2) is 28.4 Å². The summed E-state index contributed by atoms with van der Waals surface area (Å²) in [6.07, 6.45) is 4.15. The minimum atomic E-state index is -3.82. The summed E-state index contributed by atoms with van der Waals surface area (Å²) in [6, 6.07) is 8.96. The van der Waals surface area contributed by atoms with Crippen molar-refractivity contribution >= 4 is 37.9 Å². The zero-order chi connectivity index (χ0) is 27.9. The average Bonchev–Trinajstić information content (AvgIpc) is 3.64. The minimum absolute atomic E-state index is 0.0506. The van der Waals surface area contributed by atoms with Crippen molar-refractivity contribution < 1.29 is 22.7 Å². The van der Waals surface area contributed by atoms with E-state index in [1.807, 2.05) is 24.3 Å². The molecule has 39 heavy (non-hydrogen) atoms. The molecule has 0 atom stereocenters. The third-order valence-corrected chi connectivity index (χ3v) is 7.76. The molecule has 16 heteroatoms. The molecule has 5 rings (SSSR count). The Kier molecular flexibility index (Phi) is 6.92. The zero-order valence-corrected chi connectivity index (χ0v) is 23.6. The summed E-state index contributed by atoms with van der Waals surface area (Å²) in [6.45, 7) is 0.343. The van der Waals surface area contributed by atoms with Crippen molar-refractivity contribution in [3.8, 4) is 28.7 Å². The van der Waals surface area contributed by atoms with Crippen LogP contribution < -0.4 is 4.74 Å². The fraction of sp³-hybridized carbons (Fsp3) is 0.217. The van der Waals surface area contributed by atoms with E-state index in [-0.39, 0.29) is 17.2 Å². The Balaban J connectivity index is 1.70. The molecular weight excluding hydrogens is 594 g/mol.